The Morgan fingerprint density at radius 1 is 1.38 bits per heavy atom. The fourth-order valence-corrected chi connectivity index (χ4v) is 6.11. The average Bonchev–Trinajstić information content (AvgIpc) is 2.85. The average molecular weight is 376 g/mol. The summed E-state index contributed by atoms with van der Waals surface area (Å²) >= 11 is 0. The smallest absolute Gasteiger partial charge is 0.456 e. The Balaban J connectivity index is 1.77. The molecule has 5 nitrogen and oxygen atoms in total. The van der Waals surface area contributed by atoms with Gasteiger partial charge in [-0.25, -0.2) is 8.42 Å². The van der Waals surface area contributed by atoms with Gasteiger partial charge in [-0.3, -0.25) is 0 Å². The highest BCUT2D eigenvalue weighted by Crippen LogP contribution is 2.40. The minimum Gasteiger partial charge on any atom is -0.507 e. The van der Waals surface area contributed by atoms with Crippen LogP contribution in [0.5, 0.6) is 5.75 Å². The van der Waals surface area contributed by atoms with Gasteiger partial charge in [-0.2, -0.15) is 0 Å². The van der Waals surface area contributed by atoms with Crippen LogP contribution in [-0.2, 0) is 14.5 Å². The van der Waals surface area contributed by atoms with E-state index in [-0.39, 0.29) is 23.9 Å². The number of rotatable bonds is 5. The highest BCUT2D eigenvalue weighted by atomic mass is 32.2. The lowest BCUT2D eigenvalue weighted by molar-refractivity contribution is 0.169. The summed E-state index contributed by atoms with van der Waals surface area (Å²) in [7, 11) is -4.27. The summed E-state index contributed by atoms with van der Waals surface area (Å²) in [4.78, 5) is 0. The van der Waals surface area contributed by atoms with E-state index in [1.807, 2.05) is 32.1 Å². The standard InChI is InChI=1S/C19H25BO5S/c1-3-14-12-26(23,24)18-11-20(22)25-17(19(14)18)9-8-13(2)10-15-6-4-5-7-16(15)21/h4-7,10,17-18,21-22H,3,8-9,11-12H2,1-2H3/b13-10+/t17-,18+/m1/s1. The number of benzene rings is 1. The van der Waals surface area contributed by atoms with Crippen molar-refractivity contribution in [2.75, 3.05) is 5.75 Å². The molecule has 3 rings (SSSR count). The molecule has 1 saturated heterocycles. The summed E-state index contributed by atoms with van der Waals surface area (Å²) in [5.74, 6) is 0.317. The van der Waals surface area contributed by atoms with Crippen LogP contribution >= 0.6 is 0 Å². The zero-order valence-corrected chi connectivity index (χ0v) is 16.0. The Morgan fingerprint density at radius 3 is 2.81 bits per heavy atom. The van der Waals surface area contributed by atoms with Gasteiger partial charge in [0.15, 0.2) is 9.84 Å². The van der Waals surface area contributed by atoms with Gasteiger partial charge in [0.1, 0.15) is 5.75 Å². The minimum absolute atomic E-state index is 0.0861. The largest absolute Gasteiger partial charge is 0.507 e. The molecule has 0 radical (unpaired) electrons. The highest BCUT2D eigenvalue weighted by molar-refractivity contribution is 7.92. The van der Waals surface area contributed by atoms with Crippen LogP contribution in [0.2, 0.25) is 6.32 Å². The van der Waals surface area contributed by atoms with Gasteiger partial charge in [0.25, 0.3) is 0 Å². The molecule has 0 unspecified atom stereocenters. The Hall–Kier alpha value is -1.57. The third-order valence-electron chi connectivity index (χ3n) is 5.21. The fraction of sp³-hybridized carbons (Fsp3) is 0.474. The minimum atomic E-state index is -3.23. The van der Waals surface area contributed by atoms with Crippen molar-refractivity contribution in [2.45, 2.75) is 50.8 Å². The van der Waals surface area contributed by atoms with Crippen LogP contribution in [0.3, 0.4) is 0 Å². The molecule has 0 amide bonds. The predicted octanol–water partition coefficient (Wildman–Crippen LogP) is 2.96. The third kappa shape index (κ3) is 3.90. The number of aromatic hydroxyl groups is 1. The van der Waals surface area contributed by atoms with Crippen molar-refractivity contribution in [1.82, 2.24) is 0 Å². The summed E-state index contributed by atoms with van der Waals surface area (Å²) in [5, 5.41) is 19.3. The van der Waals surface area contributed by atoms with Crippen molar-refractivity contribution in [2.24, 2.45) is 0 Å². The van der Waals surface area contributed by atoms with Crippen molar-refractivity contribution in [3.05, 3.63) is 46.5 Å². The maximum absolute atomic E-state index is 12.4. The quantitative estimate of drug-likeness (QED) is 0.610. The van der Waals surface area contributed by atoms with E-state index >= 15 is 0 Å². The molecule has 0 bridgehead atoms. The molecule has 2 aliphatic rings. The van der Waals surface area contributed by atoms with Gasteiger partial charge in [0.2, 0.25) is 0 Å². The summed E-state index contributed by atoms with van der Waals surface area (Å²) in [6.07, 6.45) is 3.67. The maximum atomic E-state index is 12.4. The van der Waals surface area contributed by atoms with E-state index in [0.717, 1.165) is 22.3 Å². The molecule has 26 heavy (non-hydrogen) atoms. The number of hydrogen-bond acceptors (Lipinski definition) is 5. The molecule has 2 atom stereocenters. The van der Waals surface area contributed by atoms with Crippen LogP contribution in [-0.4, -0.2) is 42.8 Å². The molecule has 2 heterocycles. The topological polar surface area (TPSA) is 83.8 Å². The molecular weight excluding hydrogens is 351 g/mol. The molecule has 0 saturated carbocycles. The molecule has 2 N–H and O–H groups in total. The van der Waals surface area contributed by atoms with Crippen LogP contribution in [0.15, 0.2) is 41.0 Å². The van der Waals surface area contributed by atoms with Gasteiger partial charge in [0.05, 0.1) is 17.1 Å². The van der Waals surface area contributed by atoms with E-state index in [1.54, 1.807) is 12.1 Å². The van der Waals surface area contributed by atoms with E-state index in [0.29, 0.717) is 19.3 Å². The van der Waals surface area contributed by atoms with E-state index < -0.39 is 22.2 Å². The number of phenols is 1. The van der Waals surface area contributed by atoms with Crippen molar-refractivity contribution in [3.63, 3.8) is 0 Å². The van der Waals surface area contributed by atoms with Gasteiger partial charge in [-0.05, 0) is 37.8 Å². The normalized spacial score (nSPS) is 25.5. The Labute approximate surface area is 155 Å². The molecule has 1 fully saturated rings. The zero-order chi connectivity index (χ0) is 18.9. The maximum Gasteiger partial charge on any atom is 0.456 e. The predicted molar refractivity (Wildman–Crippen MR) is 104 cm³/mol. The number of allylic oxidation sites excluding steroid dienone is 1. The Kier molecular flexibility index (Phi) is 5.60. The molecule has 0 aromatic heterocycles. The molecule has 1 aromatic rings. The van der Waals surface area contributed by atoms with Crippen LogP contribution in [0.1, 0.15) is 38.7 Å². The third-order valence-corrected chi connectivity index (χ3v) is 7.28. The monoisotopic (exact) mass is 376 g/mol. The van der Waals surface area contributed by atoms with Crippen molar-refractivity contribution >= 4 is 23.0 Å². The lowest BCUT2D eigenvalue weighted by atomic mass is 9.74. The number of hydrogen-bond donors (Lipinski definition) is 2. The summed E-state index contributed by atoms with van der Waals surface area (Å²) in [5.41, 5.74) is 3.62. The van der Waals surface area contributed by atoms with E-state index in [1.165, 1.54) is 0 Å². The van der Waals surface area contributed by atoms with E-state index in [9.17, 15) is 18.5 Å². The van der Waals surface area contributed by atoms with Gasteiger partial charge in [-0.15, -0.1) is 0 Å². The van der Waals surface area contributed by atoms with Crippen LogP contribution in [0.4, 0.5) is 0 Å². The molecule has 0 aliphatic carbocycles. The first-order valence-electron chi connectivity index (χ1n) is 9.04. The first kappa shape index (κ1) is 19.2. The first-order valence-corrected chi connectivity index (χ1v) is 10.8. The van der Waals surface area contributed by atoms with Crippen LogP contribution < -0.4 is 0 Å². The first-order chi connectivity index (χ1) is 12.3. The van der Waals surface area contributed by atoms with Crippen molar-refractivity contribution < 1.29 is 23.2 Å². The lowest BCUT2D eigenvalue weighted by Crippen LogP contribution is -2.41. The highest BCUT2D eigenvalue weighted by Gasteiger charge is 2.47. The number of para-hydroxylation sites is 1. The number of sulfone groups is 1. The number of fused-ring (bicyclic) bond motifs is 1. The lowest BCUT2D eigenvalue weighted by Gasteiger charge is -2.32. The van der Waals surface area contributed by atoms with E-state index in [2.05, 4.69) is 0 Å². The summed E-state index contributed by atoms with van der Waals surface area (Å²) < 4.78 is 30.6. The second-order valence-electron chi connectivity index (χ2n) is 7.11. The SMILES string of the molecule is CCC1=C2[C@@H](CC/C(C)=C/c3ccccc3O)OB(O)C[C@@H]2S(=O)(=O)C1. The molecular formula is C19H25BO5S. The molecule has 1 aromatic carbocycles. The molecule has 2 aliphatic heterocycles. The van der Waals surface area contributed by atoms with Gasteiger partial charge >= 0.3 is 7.12 Å². The Bertz CT molecular complexity index is 843. The summed E-state index contributed by atoms with van der Waals surface area (Å²) in [6, 6.07) is 7.13. The molecule has 140 valence electrons. The van der Waals surface area contributed by atoms with Crippen LogP contribution in [0, 0.1) is 0 Å². The second-order valence-corrected chi connectivity index (χ2v) is 9.29. The van der Waals surface area contributed by atoms with Crippen molar-refractivity contribution in [3.8, 4) is 5.75 Å². The van der Waals surface area contributed by atoms with Gasteiger partial charge in [-0.1, -0.05) is 42.3 Å². The second kappa shape index (κ2) is 7.58. The zero-order valence-electron chi connectivity index (χ0n) is 15.2. The number of phenolic OH excluding ortho intramolecular Hbond substituents is 1. The Morgan fingerprint density at radius 2 is 2.12 bits per heavy atom. The molecule has 7 heteroatoms. The molecule has 0 spiro atoms. The van der Waals surface area contributed by atoms with Gasteiger partial charge < -0.3 is 14.8 Å². The van der Waals surface area contributed by atoms with Crippen LogP contribution in [0.25, 0.3) is 6.08 Å². The van der Waals surface area contributed by atoms with Crippen molar-refractivity contribution in [1.29, 1.82) is 0 Å². The fourth-order valence-electron chi connectivity index (χ4n) is 3.89. The van der Waals surface area contributed by atoms with Gasteiger partial charge in [0, 0.05) is 11.9 Å². The van der Waals surface area contributed by atoms with E-state index in [4.69, 9.17) is 4.65 Å². The summed E-state index contributed by atoms with van der Waals surface area (Å²) in [6.45, 7) is 3.94.